The minimum Gasteiger partial charge on any atom is -0.495 e. The van der Waals surface area contributed by atoms with Gasteiger partial charge in [-0.15, -0.1) is 0 Å². The van der Waals surface area contributed by atoms with Gasteiger partial charge in [0.1, 0.15) is 5.75 Å². The molecule has 0 spiro atoms. The van der Waals surface area contributed by atoms with Crippen molar-refractivity contribution >= 4 is 5.91 Å². The molecule has 2 fully saturated rings. The molecule has 2 aliphatic rings. The predicted molar refractivity (Wildman–Crippen MR) is 132 cm³/mol. The molecule has 33 heavy (non-hydrogen) atoms. The fourth-order valence-corrected chi connectivity index (χ4v) is 5.31. The first-order chi connectivity index (χ1) is 15.9. The summed E-state index contributed by atoms with van der Waals surface area (Å²) < 4.78 is 5.61. The van der Waals surface area contributed by atoms with Gasteiger partial charge in [0.2, 0.25) is 5.91 Å². The summed E-state index contributed by atoms with van der Waals surface area (Å²) in [5.41, 5.74) is 3.15. The number of carbonyl (C=O) groups is 1. The molecule has 178 valence electrons. The van der Waals surface area contributed by atoms with E-state index in [1.807, 2.05) is 18.2 Å². The van der Waals surface area contributed by atoms with Crippen molar-refractivity contribution in [2.45, 2.75) is 89.9 Å². The number of hydrogen-bond acceptors (Lipinski definition) is 4. The average molecular weight is 450 g/mol. The van der Waals surface area contributed by atoms with Crippen molar-refractivity contribution in [3.8, 4) is 5.75 Å². The van der Waals surface area contributed by atoms with Crippen LogP contribution in [0.2, 0.25) is 0 Å². The summed E-state index contributed by atoms with van der Waals surface area (Å²) in [5, 5.41) is 3.68. The Bertz CT molecular complexity index is 932. The molecular formula is C28H39N3O2. The lowest BCUT2D eigenvalue weighted by Crippen LogP contribution is -2.48. The summed E-state index contributed by atoms with van der Waals surface area (Å²) in [5.74, 6) is 1.27. The van der Waals surface area contributed by atoms with Crippen molar-refractivity contribution in [2.75, 3.05) is 7.11 Å². The van der Waals surface area contributed by atoms with Gasteiger partial charge in [0, 0.05) is 23.6 Å². The standard InChI is InChI=1S/C28H39N3O2/c1-28(2,3)25-17-16-24(33-4)22(30-25)19-29-26-18-15-23(20-11-7-5-8-12-20)31(26)27(32)21-13-9-6-10-14-21/h5,7-8,11-12,16-17,21,23,26,29H,6,9-10,13-15,18-19H2,1-4H3. The van der Waals surface area contributed by atoms with E-state index in [2.05, 4.69) is 55.3 Å². The number of hydrogen-bond donors (Lipinski definition) is 1. The first-order valence-corrected chi connectivity index (χ1v) is 12.5. The largest absolute Gasteiger partial charge is 0.495 e. The third-order valence-corrected chi connectivity index (χ3v) is 7.20. The van der Waals surface area contributed by atoms with E-state index in [-0.39, 0.29) is 23.5 Å². The van der Waals surface area contributed by atoms with Crippen molar-refractivity contribution in [3.63, 3.8) is 0 Å². The zero-order valence-corrected chi connectivity index (χ0v) is 20.6. The van der Waals surface area contributed by atoms with Crippen LogP contribution in [0.3, 0.4) is 0 Å². The van der Waals surface area contributed by atoms with Crippen molar-refractivity contribution in [1.82, 2.24) is 15.2 Å². The van der Waals surface area contributed by atoms with E-state index in [1.165, 1.54) is 24.8 Å². The Balaban J connectivity index is 1.56. The van der Waals surface area contributed by atoms with Gasteiger partial charge in [-0.2, -0.15) is 0 Å². The van der Waals surface area contributed by atoms with Gasteiger partial charge in [0.15, 0.2) is 0 Å². The molecule has 0 radical (unpaired) electrons. The van der Waals surface area contributed by atoms with E-state index in [0.29, 0.717) is 12.5 Å². The molecular weight excluding hydrogens is 410 g/mol. The second-order valence-corrected chi connectivity index (χ2v) is 10.6. The molecule has 4 rings (SSSR count). The highest BCUT2D eigenvalue weighted by molar-refractivity contribution is 5.80. The summed E-state index contributed by atoms with van der Waals surface area (Å²) in [4.78, 5) is 20.8. The summed E-state index contributed by atoms with van der Waals surface area (Å²) in [6, 6.07) is 14.7. The van der Waals surface area contributed by atoms with E-state index in [9.17, 15) is 4.79 Å². The van der Waals surface area contributed by atoms with Crippen LogP contribution in [0.25, 0.3) is 0 Å². The highest BCUT2D eigenvalue weighted by atomic mass is 16.5. The van der Waals surface area contributed by atoms with Crippen molar-refractivity contribution < 1.29 is 9.53 Å². The average Bonchev–Trinajstić information content (AvgIpc) is 3.26. The van der Waals surface area contributed by atoms with E-state index in [0.717, 1.165) is 42.8 Å². The van der Waals surface area contributed by atoms with Crippen LogP contribution < -0.4 is 10.1 Å². The van der Waals surface area contributed by atoms with Crippen LogP contribution in [0.4, 0.5) is 0 Å². The second-order valence-electron chi connectivity index (χ2n) is 10.6. The smallest absolute Gasteiger partial charge is 0.227 e. The summed E-state index contributed by atoms with van der Waals surface area (Å²) in [6.07, 6.45) is 7.56. The number of amides is 1. The van der Waals surface area contributed by atoms with Crippen molar-refractivity contribution in [2.24, 2.45) is 5.92 Å². The number of aromatic nitrogens is 1. The zero-order valence-electron chi connectivity index (χ0n) is 20.6. The molecule has 1 N–H and O–H groups in total. The summed E-state index contributed by atoms with van der Waals surface area (Å²) in [6.45, 7) is 7.09. The highest BCUT2D eigenvalue weighted by Gasteiger charge is 2.40. The second kappa shape index (κ2) is 10.3. The Hall–Kier alpha value is -2.40. The molecule has 2 atom stereocenters. The lowest BCUT2D eigenvalue weighted by Gasteiger charge is -2.35. The SMILES string of the molecule is COc1ccc(C(C)(C)C)nc1CNC1CCC(c2ccccc2)N1C(=O)C1CCCCC1. The number of pyridine rings is 1. The van der Waals surface area contributed by atoms with Gasteiger partial charge in [0.25, 0.3) is 0 Å². The quantitative estimate of drug-likeness (QED) is 0.610. The first-order valence-electron chi connectivity index (χ1n) is 12.5. The first kappa shape index (κ1) is 23.7. The number of ether oxygens (including phenoxy) is 1. The fraction of sp³-hybridized carbons (Fsp3) is 0.571. The molecule has 1 aliphatic carbocycles. The van der Waals surface area contributed by atoms with Crippen LogP contribution in [0, 0.1) is 5.92 Å². The molecule has 1 aromatic heterocycles. The van der Waals surface area contributed by atoms with E-state index in [1.54, 1.807) is 7.11 Å². The molecule has 1 aliphatic heterocycles. The minimum atomic E-state index is -0.0320. The van der Waals surface area contributed by atoms with Gasteiger partial charge in [-0.3, -0.25) is 15.1 Å². The third-order valence-electron chi connectivity index (χ3n) is 7.20. The van der Waals surface area contributed by atoms with E-state index >= 15 is 0 Å². The zero-order chi connectivity index (χ0) is 23.4. The van der Waals surface area contributed by atoms with Gasteiger partial charge in [0.05, 0.1) is 25.0 Å². The lowest BCUT2D eigenvalue weighted by molar-refractivity contribution is -0.140. The minimum absolute atomic E-state index is 0.00873. The number of rotatable bonds is 6. The molecule has 0 bridgehead atoms. The van der Waals surface area contributed by atoms with Crippen LogP contribution in [-0.2, 0) is 16.8 Å². The molecule has 1 saturated heterocycles. The maximum Gasteiger partial charge on any atom is 0.227 e. The van der Waals surface area contributed by atoms with Crippen LogP contribution in [0.5, 0.6) is 5.75 Å². The van der Waals surface area contributed by atoms with Gasteiger partial charge in [-0.1, -0.05) is 70.4 Å². The van der Waals surface area contributed by atoms with Crippen LogP contribution in [-0.4, -0.2) is 29.1 Å². The third kappa shape index (κ3) is 5.40. The topological polar surface area (TPSA) is 54.5 Å². The lowest BCUT2D eigenvalue weighted by atomic mass is 9.88. The number of methoxy groups -OCH3 is 1. The van der Waals surface area contributed by atoms with E-state index in [4.69, 9.17) is 9.72 Å². The normalized spacial score (nSPS) is 21.9. The highest BCUT2D eigenvalue weighted by Crippen LogP contribution is 2.38. The number of benzene rings is 1. The molecule has 1 amide bonds. The molecule has 5 heteroatoms. The summed E-state index contributed by atoms with van der Waals surface area (Å²) in [7, 11) is 1.69. The van der Waals surface area contributed by atoms with Gasteiger partial charge in [-0.25, -0.2) is 0 Å². The predicted octanol–water partition coefficient (Wildman–Crippen LogP) is 5.75. The van der Waals surface area contributed by atoms with Crippen molar-refractivity contribution in [1.29, 1.82) is 0 Å². The number of nitrogens with zero attached hydrogens (tertiary/aromatic N) is 2. The monoisotopic (exact) mass is 449 g/mol. The molecule has 2 unspecified atom stereocenters. The van der Waals surface area contributed by atoms with Gasteiger partial charge >= 0.3 is 0 Å². The summed E-state index contributed by atoms with van der Waals surface area (Å²) >= 11 is 0. The molecule has 1 saturated carbocycles. The maximum absolute atomic E-state index is 13.8. The van der Waals surface area contributed by atoms with E-state index < -0.39 is 0 Å². The van der Waals surface area contributed by atoms with Crippen molar-refractivity contribution in [3.05, 3.63) is 59.4 Å². The molecule has 2 heterocycles. The Morgan fingerprint density at radius 1 is 1.03 bits per heavy atom. The maximum atomic E-state index is 13.8. The Labute approximate surface area is 198 Å². The number of nitrogens with one attached hydrogen (secondary N) is 1. The fourth-order valence-electron chi connectivity index (χ4n) is 5.31. The molecule has 2 aromatic rings. The number of carbonyl (C=O) groups excluding carboxylic acids is 1. The van der Waals surface area contributed by atoms with Gasteiger partial charge in [-0.05, 0) is 43.4 Å². The Morgan fingerprint density at radius 3 is 2.42 bits per heavy atom. The van der Waals surface area contributed by atoms with Crippen LogP contribution in [0.15, 0.2) is 42.5 Å². The van der Waals surface area contributed by atoms with Gasteiger partial charge < -0.3 is 9.64 Å². The molecule has 5 nitrogen and oxygen atoms in total. The Morgan fingerprint density at radius 2 is 1.76 bits per heavy atom. The Kier molecular flexibility index (Phi) is 7.38. The number of likely N-dealkylation sites (tertiary alicyclic amines) is 1. The molecule has 1 aromatic carbocycles. The van der Waals surface area contributed by atoms with Crippen LogP contribution in [0.1, 0.15) is 88.7 Å². The van der Waals surface area contributed by atoms with Crippen LogP contribution >= 0.6 is 0 Å².